The van der Waals surface area contributed by atoms with Crippen molar-refractivity contribution in [2.24, 2.45) is 0 Å². The van der Waals surface area contributed by atoms with Gasteiger partial charge < -0.3 is 10.1 Å². The van der Waals surface area contributed by atoms with Crippen LogP contribution in [0.5, 0.6) is 0 Å². The number of imidazole rings is 1. The van der Waals surface area contributed by atoms with Crippen molar-refractivity contribution in [1.29, 1.82) is 0 Å². The fourth-order valence-electron chi connectivity index (χ4n) is 2.69. The number of aryl methyl sites for hydroxylation is 2. The Morgan fingerprint density at radius 3 is 3.15 bits per heavy atom. The molecule has 1 N–H and O–H groups in total. The van der Waals surface area contributed by atoms with Gasteiger partial charge in [-0.1, -0.05) is 6.07 Å². The fourth-order valence-corrected chi connectivity index (χ4v) is 2.69. The van der Waals surface area contributed by atoms with E-state index < -0.39 is 0 Å². The largest absolute Gasteiger partial charge is 0.376 e. The van der Waals surface area contributed by atoms with Crippen LogP contribution >= 0.6 is 0 Å². The van der Waals surface area contributed by atoms with Gasteiger partial charge in [-0.15, -0.1) is 0 Å². The lowest BCUT2D eigenvalue weighted by Crippen LogP contribution is -2.32. The van der Waals surface area contributed by atoms with Gasteiger partial charge >= 0.3 is 0 Å². The van der Waals surface area contributed by atoms with Crippen LogP contribution in [0.1, 0.15) is 34.6 Å². The predicted molar refractivity (Wildman–Crippen MR) is 76.0 cm³/mol. The number of hydrogen-bond acceptors (Lipinski definition) is 3. The van der Waals surface area contributed by atoms with E-state index in [0.29, 0.717) is 12.2 Å². The Morgan fingerprint density at radius 1 is 1.55 bits per heavy atom. The molecule has 106 valence electrons. The number of hydrogen-bond donors (Lipinski definition) is 1. The van der Waals surface area contributed by atoms with E-state index in [-0.39, 0.29) is 12.0 Å². The number of nitrogens with one attached hydrogen (secondary N) is 1. The van der Waals surface area contributed by atoms with Crippen molar-refractivity contribution in [3.8, 4) is 0 Å². The molecule has 5 nitrogen and oxygen atoms in total. The highest BCUT2D eigenvalue weighted by Crippen LogP contribution is 2.16. The summed E-state index contributed by atoms with van der Waals surface area (Å²) >= 11 is 0. The zero-order valence-electron chi connectivity index (χ0n) is 11.8. The van der Waals surface area contributed by atoms with Crippen LogP contribution in [0, 0.1) is 13.8 Å². The van der Waals surface area contributed by atoms with Gasteiger partial charge in [-0.2, -0.15) is 0 Å². The molecule has 20 heavy (non-hydrogen) atoms. The van der Waals surface area contributed by atoms with Gasteiger partial charge in [-0.25, -0.2) is 4.98 Å². The van der Waals surface area contributed by atoms with Gasteiger partial charge in [0.1, 0.15) is 11.3 Å². The first kappa shape index (κ1) is 13.1. The first-order chi connectivity index (χ1) is 9.66. The highest BCUT2D eigenvalue weighted by molar-refractivity contribution is 5.94. The van der Waals surface area contributed by atoms with Crippen LogP contribution in [0.25, 0.3) is 5.65 Å². The summed E-state index contributed by atoms with van der Waals surface area (Å²) in [6.45, 7) is 5.23. The quantitative estimate of drug-likeness (QED) is 0.928. The highest BCUT2D eigenvalue weighted by Gasteiger charge is 2.20. The van der Waals surface area contributed by atoms with Crippen LogP contribution in [0.2, 0.25) is 0 Å². The maximum absolute atomic E-state index is 12.4. The first-order valence-corrected chi connectivity index (χ1v) is 7.01. The Morgan fingerprint density at radius 2 is 2.40 bits per heavy atom. The molecule has 0 aliphatic carbocycles. The molecular formula is C15H19N3O2. The molecule has 1 fully saturated rings. The number of fused-ring (bicyclic) bond motifs is 1. The Kier molecular flexibility index (Phi) is 3.44. The average Bonchev–Trinajstić information content (AvgIpc) is 3.04. The number of carbonyl (C=O) groups is 1. The maximum atomic E-state index is 12.4. The molecule has 0 spiro atoms. The Hall–Kier alpha value is -1.88. The predicted octanol–water partition coefficient (Wildman–Crippen LogP) is 1.86. The minimum absolute atomic E-state index is 0.0869. The lowest BCUT2D eigenvalue weighted by Gasteiger charge is -2.11. The smallest absolute Gasteiger partial charge is 0.270 e. The molecule has 1 unspecified atom stereocenters. The number of rotatable bonds is 3. The van der Waals surface area contributed by atoms with E-state index in [1.54, 1.807) is 0 Å². The van der Waals surface area contributed by atoms with Gasteiger partial charge in [0.25, 0.3) is 5.91 Å². The van der Waals surface area contributed by atoms with E-state index in [2.05, 4.69) is 10.3 Å². The van der Waals surface area contributed by atoms with Gasteiger partial charge in [0.15, 0.2) is 0 Å². The molecule has 3 rings (SSSR count). The molecule has 5 heteroatoms. The van der Waals surface area contributed by atoms with Crippen molar-refractivity contribution in [2.45, 2.75) is 32.8 Å². The van der Waals surface area contributed by atoms with Gasteiger partial charge in [0.2, 0.25) is 0 Å². The average molecular weight is 273 g/mol. The van der Waals surface area contributed by atoms with E-state index in [0.717, 1.165) is 36.4 Å². The van der Waals surface area contributed by atoms with E-state index >= 15 is 0 Å². The molecule has 0 aromatic carbocycles. The molecule has 1 atom stereocenters. The number of amides is 1. The SMILES string of the molecule is Cc1nc2c(C)cccn2c1C(=O)NCC1CCCO1. The summed E-state index contributed by atoms with van der Waals surface area (Å²) in [6.07, 6.45) is 4.13. The second-order valence-electron chi connectivity index (χ2n) is 5.28. The van der Waals surface area contributed by atoms with Gasteiger partial charge in [-0.05, 0) is 38.3 Å². The van der Waals surface area contributed by atoms with E-state index in [9.17, 15) is 4.79 Å². The summed E-state index contributed by atoms with van der Waals surface area (Å²) in [4.78, 5) is 16.9. The molecule has 1 amide bonds. The lowest BCUT2D eigenvalue weighted by atomic mass is 10.2. The van der Waals surface area contributed by atoms with Crippen molar-refractivity contribution in [3.63, 3.8) is 0 Å². The molecular weight excluding hydrogens is 254 g/mol. The molecule has 0 saturated carbocycles. The molecule has 1 aliphatic heterocycles. The third-order valence-electron chi connectivity index (χ3n) is 3.75. The van der Waals surface area contributed by atoms with Crippen LogP contribution in [0.15, 0.2) is 18.3 Å². The normalized spacial score (nSPS) is 18.6. The maximum Gasteiger partial charge on any atom is 0.270 e. The Labute approximate surface area is 118 Å². The van der Waals surface area contributed by atoms with Crippen LogP contribution in [0.4, 0.5) is 0 Å². The summed E-state index contributed by atoms with van der Waals surface area (Å²) < 4.78 is 7.38. The van der Waals surface area contributed by atoms with Crippen LogP contribution in [-0.4, -0.2) is 34.5 Å². The van der Waals surface area contributed by atoms with E-state index in [1.807, 2.05) is 36.6 Å². The molecule has 3 heterocycles. The standard InChI is InChI=1S/C15H19N3O2/c1-10-5-3-7-18-13(11(2)17-14(10)18)15(19)16-9-12-6-4-8-20-12/h3,5,7,12H,4,6,8-9H2,1-2H3,(H,16,19). The van der Waals surface area contributed by atoms with Crippen molar-refractivity contribution in [1.82, 2.24) is 14.7 Å². The number of nitrogens with zero attached hydrogens (tertiary/aromatic N) is 2. The summed E-state index contributed by atoms with van der Waals surface area (Å²) in [5, 5.41) is 2.95. The second kappa shape index (κ2) is 5.25. The Balaban J connectivity index is 1.83. The zero-order valence-corrected chi connectivity index (χ0v) is 11.8. The zero-order chi connectivity index (χ0) is 14.1. The topological polar surface area (TPSA) is 55.6 Å². The highest BCUT2D eigenvalue weighted by atomic mass is 16.5. The summed E-state index contributed by atoms with van der Waals surface area (Å²) in [6, 6.07) is 3.93. The van der Waals surface area contributed by atoms with Crippen molar-refractivity contribution < 1.29 is 9.53 Å². The molecule has 2 aromatic heterocycles. The molecule has 0 radical (unpaired) electrons. The monoisotopic (exact) mass is 273 g/mol. The molecule has 2 aromatic rings. The minimum Gasteiger partial charge on any atom is -0.376 e. The van der Waals surface area contributed by atoms with E-state index in [1.165, 1.54) is 0 Å². The second-order valence-corrected chi connectivity index (χ2v) is 5.28. The van der Waals surface area contributed by atoms with Crippen LogP contribution in [-0.2, 0) is 4.74 Å². The van der Waals surface area contributed by atoms with Crippen molar-refractivity contribution in [2.75, 3.05) is 13.2 Å². The van der Waals surface area contributed by atoms with Gasteiger partial charge in [0.05, 0.1) is 11.8 Å². The van der Waals surface area contributed by atoms with Crippen molar-refractivity contribution >= 4 is 11.6 Å². The van der Waals surface area contributed by atoms with Gasteiger partial charge in [-0.3, -0.25) is 9.20 Å². The lowest BCUT2D eigenvalue weighted by molar-refractivity contribution is 0.0852. The first-order valence-electron chi connectivity index (χ1n) is 7.01. The van der Waals surface area contributed by atoms with Gasteiger partial charge in [0, 0.05) is 19.3 Å². The van der Waals surface area contributed by atoms with E-state index in [4.69, 9.17) is 4.74 Å². The third-order valence-corrected chi connectivity index (χ3v) is 3.75. The summed E-state index contributed by atoms with van der Waals surface area (Å²) in [5.74, 6) is -0.0869. The number of aromatic nitrogens is 2. The minimum atomic E-state index is -0.0869. The Bertz CT molecular complexity index is 642. The van der Waals surface area contributed by atoms with Crippen LogP contribution < -0.4 is 5.32 Å². The third kappa shape index (κ3) is 2.29. The molecule has 1 saturated heterocycles. The molecule has 1 aliphatic rings. The number of pyridine rings is 1. The number of ether oxygens (including phenoxy) is 1. The van der Waals surface area contributed by atoms with Crippen molar-refractivity contribution in [3.05, 3.63) is 35.3 Å². The fraction of sp³-hybridized carbons (Fsp3) is 0.467. The number of carbonyl (C=O) groups excluding carboxylic acids is 1. The van der Waals surface area contributed by atoms with Crippen LogP contribution in [0.3, 0.4) is 0 Å². The molecule has 0 bridgehead atoms. The summed E-state index contributed by atoms with van der Waals surface area (Å²) in [5.41, 5.74) is 3.27. The summed E-state index contributed by atoms with van der Waals surface area (Å²) in [7, 11) is 0.